The van der Waals surface area contributed by atoms with Crippen molar-refractivity contribution in [1.82, 2.24) is 21.1 Å². The van der Waals surface area contributed by atoms with Gasteiger partial charge < -0.3 is 10.6 Å². The monoisotopic (exact) mass is 280 g/mol. The second kappa shape index (κ2) is 6.47. The van der Waals surface area contributed by atoms with Crippen molar-refractivity contribution in [3.8, 4) is 0 Å². The van der Waals surface area contributed by atoms with Gasteiger partial charge in [0.05, 0.1) is 0 Å². The van der Waals surface area contributed by atoms with Crippen LogP contribution < -0.4 is 16.1 Å². The zero-order valence-corrected chi connectivity index (χ0v) is 12.3. The molecule has 2 heterocycles. The Morgan fingerprint density at radius 1 is 1.25 bits per heavy atom. The molecule has 6 heteroatoms. The average Bonchev–Trinajstić information content (AvgIpc) is 2.49. The van der Waals surface area contributed by atoms with Gasteiger partial charge in [-0.05, 0) is 12.8 Å². The van der Waals surface area contributed by atoms with Crippen molar-refractivity contribution in [3.05, 3.63) is 11.8 Å². The van der Waals surface area contributed by atoms with Crippen molar-refractivity contribution in [2.24, 2.45) is 5.41 Å². The molecule has 1 saturated heterocycles. The number of nitrogens with zero attached hydrogens (tertiary/aromatic N) is 1. The molecule has 112 valence electrons. The number of Topliss-reactive ketones (excluding diaryl/α,β-unsaturated/α-hetero) is 1. The molecule has 0 aliphatic carbocycles. The summed E-state index contributed by atoms with van der Waals surface area (Å²) in [6.45, 7) is 8.00. The predicted molar refractivity (Wildman–Crippen MR) is 76.7 cm³/mol. The molecule has 0 aromatic carbocycles. The number of hydrazine groups is 1. The van der Waals surface area contributed by atoms with Crippen LogP contribution >= 0.6 is 0 Å². The number of rotatable bonds is 5. The number of amides is 1. The Bertz CT molecular complexity index is 409. The molecule has 6 nitrogen and oxygen atoms in total. The third-order valence-electron chi connectivity index (χ3n) is 4.36. The van der Waals surface area contributed by atoms with Crippen molar-refractivity contribution in [1.29, 1.82) is 0 Å². The summed E-state index contributed by atoms with van der Waals surface area (Å²) in [7, 11) is 0. The SMILES string of the molecule is CCC1(CC)C(=O)NC=C(CNN2CCNCC2)C1=O. The summed E-state index contributed by atoms with van der Waals surface area (Å²) in [5.74, 6) is -0.202. The summed E-state index contributed by atoms with van der Waals surface area (Å²) in [5, 5.41) is 8.14. The normalized spacial score (nSPS) is 23.4. The van der Waals surface area contributed by atoms with Gasteiger partial charge in [-0.25, -0.2) is 5.01 Å². The van der Waals surface area contributed by atoms with Crippen LogP contribution in [0.1, 0.15) is 26.7 Å². The standard InChI is InChI=1S/C14H24N4O2/c1-3-14(4-2)12(19)11(9-16-13(14)20)10-17-18-7-5-15-6-8-18/h9,15,17H,3-8,10H2,1-2H3,(H,16,20). The van der Waals surface area contributed by atoms with Crippen LogP contribution in [0, 0.1) is 5.41 Å². The Balaban J connectivity index is 2.01. The lowest BCUT2D eigenvalue weighted by molar-refractivity contribution is -0.141. The van der Waals surface area contributed by atoms with Crippen LogP contribution in [0.4, 0.5) is 0 Å². The van der Waals surface area contributed by atoms with Gasteiger partial charge in [0.2, 0.25) is 5.91 Å². The molecule has 1 fully saturated rings. The van der Waals surface area contributed by atoms with Crippen LogP contribution in [-0.4, -0.2) is 49.4 Å². The first kappa shape index (κ1) is 15.2. The molecule has 0 saturated carbocycles. The van der Waals surface area contributed by atoms with Crippen LogP contribution in [-0.2, 0) is 9.59 Å². The van der Waals surface area contributed by atoms with Crippen molar-refractivity contribution >= 4 is 11.7 Å². The molecule has 0 unspecified atom stereocenters. The van der Waals surface area contributed by atoms with Gasteiger partial charge in [-0.2, -0.15) is 0 Å². The van der Waals surface area contributed by atoms with Crippen LogP contribution in [0.15, 0.2) is 11.8 Å². The minimum atomic E-state index is -0.880. The smallest absolute Gasteiger partial charge is 0.237 e. The molecule has 0 spiro atoms. The van der Waals surface area contributed by atoms with E-state index in [4.69, 9.17) is 0 Å². The number of carbonyl (C=O) groups is 2. The maximum Gasteiger partial charge on any atom is 0.237 e. The van der Waals surface area contributed by atoms with E-state index < -0.39 is 5.41 Å². The Morgan fingerprint density at radius 3 is 2.50 bits per heavy atom. The summed E-state index contributed by atoms with van der Waals surface area (Å²) in [6.07, 6.45) is 2.64. The van der Waals surface area contributed by atoms with E-state index in [1.54, 1.807) is 6.20 Å². The number of ketones is 1. The van der Waals surface area contributed by atoms with Gasteiger partial charge in [0, 0.05) is 44.5 Å². The molecule has 2 aliphatic heterocycles. The van der Waals surface area contributed by atoms with E-state index in [1.165, 1.54) is 0 Å². The van der Waals surface area contributed by atoms with Gasteiger partial charge in [-0.15, -0.1) is 0 Å². The highest BCUT2D eigenvalue weighted by molar-refractivity contribution is 6.16. The highest BCUT2D eigenvalue weighted by atomic mass is 16.2. The van der Waals surface area contributed by atoms with E-state index in [2.05, 4.69) is 21.1 Å². The maximum atomic E-state index is 12.6. The molecule has 0 aromatic heterocycles. The highest BCUT2D eigenvalue weighted by Gasteiger charge is 2.45. The first-order valence-electron chi connectivity index (χ1n) is 7.38. The lowest BCUT2D eigenvalue weighted by Gasteiger charge is -2.34. The molecule has 0 radical (unpaired) electrons. The van der Waals surface area contributed by atoms with Gasteiger partial charge >= 0.3 is 0 Å². The molecule has 0 bridgehead atoms. The van der Waals surface area contributed by atoms with Crippen LogP contribution in [0.25, 0.3) is 0 Å². The lowest BCUT2D eigenvalue weighted by atomic mass is 9.73. The van der Waals surface area contributed by atoms with Crippen LogP contribution in [0.2, 0.25) is 0 Å². The zero-order chi connectivity index (χ0) is 14.6. The molecular formula is C14H24N4O2. The summed E-state index contributed by atoms with van der Waals surface area (Å²) >= 11 is 0. The second-order valence-corrected chi connectivity index (χ2v) is 5.33. The fraction of sp³-hybridized carbons (Fsp3) is 0.714. The van der Waals surface area contributed by atoms with Crippen LogP contribution in [0.3, 0.4) is 0 Å². The van der Waals surface area contributed by atoms with E-state index in [9.17, 15) is 9.59 Å². The van der Waals surface area contributed by atoms with Crippen molar-refractivity contribution in [2.75, 3.05) is 32.7 Å². The van der Waals surface area contributed by atoms with E-state index in [-0.39, 0.29) is 11.7 Å². The van der Waals surface area contributed by atoms with Crippen molar-refractivity contribution in [2.45, 2.75) is 26.7 Å². The Hall–Kier alpha value is -1.24. The minimum absolute atomic E-state index is 0.0334. The first-order valence-corrected chi connectivity index (χ1v) is 7.38. The van der Waals surface area contributed by atoms with Gasteiger partial charge in [0.25, 0.3) is 0 Å². The molecular weight excluding hydrogens is 256 g/mol. The van der Waals surface area contributed by atoms with Gasteiger partial charge in [0.1, 0.15) is 5.41 Å². The molecule has 20 heavy (non-hydrogen) atoms. The average molecular weight is 280 g/mol. The number of carbonyl (C=O) groups excluding carboxylic acids is 2. The quantitative estimate of drug-likeness (QED) is 0.608. The van der Waals surface area contributed by atoms with Gasteiger partial charge in [-0.3, -0.25) is 15.0 Å². The maximum absolute atomic E-state index is 12.6. The lowest BCUT2D eigenvalue weighted by Crippen LogP contribution is -2.53. The van der Waals surface area contributed by atoms with E-state index in [1.807, 2.05) is 13.8 Å². The van der Waals surface area contributed by atoms with E-state index >= 15 is 0 Å². The fourth-order valence-electron chi connectivity index (χ4n) is 2.81. The summed E-state index contributed by atoms with van der Waals surface area (Å²) < 4.78 is 0. The van der Waals surface area contributed by atoms with Gasteiger partial charge in [0.15, 0.2) is 5.78 Å². The molecule has 3 N–H and O–H groups in total. The van der Waals surface area contributed by atoms with E-state index in [0.29, 0.717) is 25.0 Å². The molecule has 1 amide bonds. The largest absolute Gasteiger partial charge is 0.331 e. The topological polar surface area (TPSA) is 73.5 Å². The number of hydrogen-bond donors (Lipinski definition) is 3. The third kappa shape index (κ3) is 2.77. The van der Waals surface area contributed by atoms with Gasteiger partial charge in [-0.1, -0.05) is 13.8 Å². The van der Waals surface area contributed by atoms with Crippen LogP contribution in [0.5, 0.6) is 0 Å². The molecule has 2 aliphatic rings. The number of hydrogen-bond acceptors (Lipinski definition) is 5. The Morgan fingerprint density at radius 2 is 1.90 bits per heavy atom. The third-order valence-corrected chi connectivity index (χ3v) is 4.36. The molecule has 0 atom stereocenters. The Kier molecular flexibility index (Phi) is 4.91. The predicted octanol–water partition coefficient (Wildman–Crippen LogP) is -0.215. The fourth-order valence-corrected chi connectivity index (χ4v) is 2.81. The molecule has 2 rings (SSSR count). The first-order chi connectivity index (χ1) is 9.64. The zero-order valence-electron chi connectivity index (χ0n) is 12.3. The summed E-state index contributed by atoms with van der Waals surface area (Å²) in [5.41, 5.74) is 3.05. The second-order valence-electron chi connectivity index (χ2n) is 5.33. The molecule has 0 aromatic rings. The minimum Gasteiger partial charge on any atom is -0.331 e. The number of piperazine rings is 1. The highest BCUT2D eigenvalue weighted by Crippen LogP contribution is 2.33. The number of nitrogens with one attached hydrogen (secondary N) is 3. The summed E-state index contributed by atoms with van der Waals surface area (Å²) in [4.78, 5) is 24.6. The Labute approximate surface area is 119 Å². The van der Waals surface area contributed by atoms with Crippen molar-refractivity contribution in [3.63, 3.8) is 0 Å². The summed E-state index contributed by atoms with van der Waals surface area (Å²) in [6, 6.07) is 0. The van der Waals surface area contributed by atoms with Crippen molar-refractivity contribution < 1.29 is 9.59 Å². The van der Waals surface area contributed by atoms with E-state index in [0.717, 1.165) is 26.2 Å².